The second kappa shape index (κ2) is 8.26. The SMILES string of the molecule is O=C(NCCN1CCCCC1)c1cn(Cc2ccc(Cl)cc2)nn1. The first-order valence-corrected chi connectivity index (χ1v) is 8.73. The minimum atomic E-state index is -0.172. The molecule has 0 bridgehead atoms. The van der Waals surface area contributed by atoms with Gasteiger partial charge in [-0.2, -0.15) is 0 Å². The molecule has 1 amide bonds. The van der Waals surface area contributed by atoms with Crippen LogP contribution in [0.2, 0.25) is 5.02 Å². The number of amides is 1. The molecule has 0 unspecified atom stereocenters. The zero-order valence-corrected chi connectivity index (χ0v) is 14.4. The third-order valence-corrected chi connectivity index (χ3v) is 4.44. The average Bonchev–Trinajstić information content (AvgIpc) is 3.06. The van der Waals surface area contributed by atoms with Crippen LogP contribution in [0.4, 0.5) is 0 Å². The number of halogens is 1. The number of piperidine rings is 1. The molecule has 1 aromatic heterocycles. The van der Waals surface area contributed by atoms with E-state index in [1.807, 2.05) is 24.3 Å². The van der Waals surface area contributed by atoms with E-state index in [0.717, 1.165) is 25.2 Å². The van der Waals surface area contributed by atoms with Gasteiger partial charge in [-0.05, 0) is 43.6 Å². The largest absolute Gasteiger partial charge is 0.349 e. The van der Waals surface area contributed by atoms with E-state index in [0.29, 0.717) is 23.8 Å². The molecule has 0 spiro atoms. The number of rotatable bonds is 6. The van der Waals surface area contributed by atoms with Crippen LogP contribution in [0, 0.1) is 0 Å². The molecule has 3 rings (SSSR count). The van der Waals surface area contributed by atoms with E-state index in [-0.39, 0.29) is 5.91 Å². The van der Waals surface area contributed by atoms with Crippen molar-refractivity contribution in [2.75, 3.05) is 26.2 Å². The number of nitrogens with one attached hydrogen (secondary N) is 1. The van der Waals surface area contributed by atoms with Crippen molar-refractivity contribution in [2.45, 2.75) is 25.8 Å². The summed E-state index contributed by atoms with van der Waals surface area (Å²) in [5.74, 6) is -0.172. The normalized spacial score (nSPS) is 15.4. The Hall–Kier alpha value is -1.92. The molecule has 1 N–H and O–H groups in total. The van der Waals surface area contributed by atoms with E-state index in [1.54, 1.807) is 10.9 Å². The molecule has 2 heterocycles. The number of hydrogen-bond acceptors (Lipinski definition) is 4. The van der Waals surface area contributed by atoms with Gasteiger partial charge in [0.15, 0.2) is 5.69 Å². The molecule has 1 fully saturated rings. The highest BCUT2D eigenvalue weighted by molar-refractivity contribution is 6.30. The van der Waals surface area contributed by atoms with Crippen LogP contribution in [-0.2, 0) is 6.54 Å². The molecule has 1 aromatic carbocycles. The Kier molecular flexibility index (Phi) is 5.82. The predicted molar refractivity (Wildman–Crippen MR) is 93.2 cm³/mol. The fourth-order valence-corrected chi connectivity index (χ4v) is 2.98. The lowest BCUT2D eigenvalue weighted by Crippen LogP contribution is -2.37. The van der Waals surface area contributed by atoms with Gasteiger partial charge in [0.05, 0.1) is 12.7 Å². The minimum Gasteiger partial charge on any atom is -0.349 e. The third-order valence-electron chi connectivity index (χ3n) is 4.19. The van der Waals surface area contributed by atoms with Gasteiger partial charge in [0.25, 0.3) is 5.91 Å². The molecular formula is C17H22ClN5O. The third kappa shape index (κ3) is 4.79. The first-order chi connectivity index (χ1) is 11.7. The number of hydrogen-bond donors (Lipinski definition) is 1. The maximum Gasteiger partial charge on any atom is 0.273 e. The Morgan fingerprint density at radius 1 is 1.17 bits per heavy atom. The fraction of sp³-hybridized carbons (Fsp3) is 0.471. The zero-order valence-electron chi connectivity index (χ0n) is 13.6. The lowest BCUT2D eigenvalue weighted by molar-refractivity contribution is 0.0941. The number of carbonyl (C=O) groups excluding carboxylic acids is 1. The summed E-state index contributed by atoms with van der Waals surface area (Å²) < 4.78 is 1.66. The van der Waals surface area contributed by atoms with Gasteiger partial charge in [-0.25, -0.2) is 4.68 Å². The van der Waals surface area contributed by atoms with Gasteiger partial charge < -0.3 is 10.2 Å². The summed E-state index contributed by atoms with van der Waals surface area (Å²) in [5, 5.41) is 11.6. The lowest BCUT2D eigenvalue weighted by atomic mass is 10.1. The van der Waals surface area contributed by atoms with Crippen LogP contribution >= 0.6 is 11.6 Å². The van der Waals surface area contributed by atoms with Crippen molar-refractivity contribution in [2.24, 2.45) is 0 Å². The molecule has 6 nitrogen and oxygen atoms in total. The van der Waals surface area contributed by atoms with Crippen LogP contribution in [-0.4, -0.2) is 52.0 Å². The van der Waals surface area contributed by atoms with E-state index in [9.17, 15) is 4.79 Å². The smallest absolute Gasteiger partial charge is 0.273 e. The summed E-state index contributed by atoms with van der Waals surface area (Å²) in [7, 11) is 0. The van der Waals surface area contributed by atoms with Gasteiger partial charge >= 0.3 is 0 Å². The zero-order chi connectivity index (χ0) is 16.8. The van der Waals surface area contributed by atoms with Gasteiger partial charge in [0, 0.05) is 18.1 Å². The summed E-state index contributed by atoms with van der Waals surface area (Å²) in [6.45, 7) is 4.36. The molecule has 24 heavy (non-hydrogen) atoms. The number of likely N-dealkylation sites (tertiary alicyclic amines) is 1. The van der Waals surface area contributed by atoms with Crippen LogP contribution in [0.5, 0.6) is 0 Å². The Labute approximate surface area is 146 Å². The molecule has 7 heteroatoms. The standard InChI is InChI=1S/C17H22ClN5O/c18-15-6-4-14(5-7-15)12-23-13-16(20-21-23)17(24)19-8-11-22-9-2-1-3-10-22/h4-7,13H,1-3,8-12H2,(H,19,24). The van der Waals surface area contributed by atoms with Gasteiger partial charge in [-0.15, -0.1) is 5.10 Å². The number of carbonyl (C=O) groups is 1. The van der Waals surface area contributed by atoms with Gasteiger partial charge in [-0.3, -0.25) is 4.79 Å². The number of aromatic nitrogens is 3. The second-order valence-corrected chi connectivity index (χ2v) is 6.52. The highest BCUT2D eigenvalue weighted by atomic mass is 35.5. The van der Waals surface area contributed by atoms with E-state index < -0.39 is 0 Å². The maximum atomic E-state index is 12.1. The van der Waals surface area contributed by atoms with Crippen molar-refractivity contribution < 1.29 is 4.79 Å². The highest BCUT2D eigenvalue weighted by Gasteiger charge is 2.13. The van der Waals surface area contributed by atoms with Gasteiger partial charge in [0.1, 0.15) is 0 Å². The second-order valence-electron chi connectivity index (χ2n) is 6.09. The molecule has 128 valence electrons. The molecule has 0 aliphatic carbocycles. The average molecular weight is 348 g/mol. The summed E-state index contributed by atoms with van der Waals surface area (Å²) in [5.41, 5.74) is 1.41. The predicted octanol–water partition coefficient (Wildman–Crippen LogP) is 2.20. The molecule has 0 saturated carbocycles. The molecular weight excluding hydrogens is 326 g/mol. The molecule has 1 aliphatic heterocycles. The van der Waals surface area contributed by atoms with E-state index >= 15 is 0 Å². The van der Waals surface area contributed by atoms with Crippen LogP contribution < -0.4 is 5.32 Å². The summed E-state index contributed by atoms with van der Waals surface area (Å²) in [4.78, 5) is 14.5. The molecule has 0 radical (unpaired) electrons. The van der Waals surface area contributed by atoms with Gasteiger partial charge in [0.2, 0.25) is 0 Å². The van der Waals surface area contributed by atoms with E-state index in [4.69, 9.17) is 11.6 Å². The Bertz CT molecular complexity index is 664. The maximum absolute atomic E-state index is 12.1. The summed E-state index contributed by atoms with van der Waals surface area (Å²) in [6, 6.07) is 7.54. The number of benzene rings is 1. The van der Waals surface area contributed by atoms with Crippen molar-refractivity contribution in [1.82, 2.24) is 25.2 Å². The van der Waals surface area contributed by atoms with Crippen LogP contribution in [0.3, 0.4) is 0 Å². The van der Waals surface area contributed by atoms with Crippen molar-refractivity contribution in [3.63, 3.8) is 0 Å². The van der Waals surface area contributed by atoms with Crippen molar-refractivity contribution >= 4 is 17.5 Å². The van der Waals surface area contributed by atoms with Gasteiger partial charge in [-0.1, -0.05) is 35.4 Å². The van der Waals surface area contributed by atoms with Crippen LogP contribution in [0.15, 0.2) is 30.5 Å². The number of nitrogens with zero attached hydrogens (tertiary/aromatic N) is 4. The van der Waals surface area contributed by atoms with Crippen molar-refractivity contribution in [3.05, 3.63) is 46.7 Å². The monoisotopic (exact) mass is 347 g/mol. The molecule has 1 aliphatic rings. The minimum absolute atomic E-state index is 0.172. The fourth-order valence-electron chi connectivity index (χ4n) is 2.86. The molecule has 0 atom stereocenters. The van der Waals surface area contributed by atoms with E-state index in [1.165, 1.54) is 19.3 Å². The van der Waals surface area contributed by atoms with Crippen LogP contribution in [0.25, 0.3) is 0 Å². The van der Waals surface area contributed by atoms with Crippen LogP contribution in [0.1, 0.15) is 35.3 Å². The van der Waals surface area contributed by atoms with E-state index in [2.05, 4.69) is 20.5 Å². The quantitative estimate of drug-likeness (QED) is 0.870. The first-order valence-electron chi connectivity index (χ1n) is 8.36. The van der Waals surface area contributed by atoms with Crippen molar-refractivity contribution in [3.8, 4) is 0 Å². The topological polar surface area (TPSA) is 63.1 Å². The lowest BCUT2D eigenvalue weighted by Gasteiger charge is -2.26. The summed E-state index contributed by atoms with van der Waals surface area (Å²) >= 11 is 5.87. The molecule has 1 saturated heterocycles. The Morgan fingerprint density at radius 3 is 2.67 bits per heavy atom. The Balaban J connectivity index is 1.47. The summed E-state index contributed by atoms with van der Waals surface area (Å²) in [6.07, 6.45) is 5.50. The van der Waals surface area contributed by atoms with Crippen molar-refractivity contribution in [1.29, 1.82) is 0 Å². The first kappa shape index (κ1) is 16.9. The highest BCUT2D eigenvalue weighted by Crippen LogP contribution is 2.10. The Morgan fingerprint density at radius 2 is 1.92 bits per heavy atom. The molecule has 2 aromatic rings.